The van der Waals surface area contributed by atoms with Gasteiger partial charge in [-0.1, -0.05) is 23.7 Å². The van der Waals surface area contributed by atoms with E-state index < -0.39 is 10.0 Å². The first-order valence-corrected chi connectivity index (χ1v) is 11.0. The number of aromatic nitrogens is 1. The van der Waals surface area contributed by atoms with Gasteiger partial charge in [-0.3, -0.25) is 14.1 Å². The Kier molecular flexibility index (Phi) is 6.02. The monoisotopic (exact) mass is 435 g/mol. The van der Waals surface area contributed by atoms with Gasteiger partial charge in [0.2, 0.25) is 0 Å². The number of halogens is 1. The molecule has 0 aliphatic heterocycles. The topological polar surface area (TPSA) is 79.4 Å². The number of carbonyl (C=O) groups is 1. The van der Waals surface area contributed by atoms with Crippen molar-refractivity contribution >= 4 is 44.6 Å². The molecule has 0 saturated carbocycles. The Morgan fingerprint density at radius 2 is 2.04 bits per heavy atom. The van der Waals surface area contributed by atoms with Gasteiger partial charge in [-0.25, -0.2) is 8.42 Å². The van der Waals surface area contributed by atoms with E-state index in [-0.39, 0.29) is 17.3 Å². The van der Waals surface area contributed by atoms with Crippen molar-refractivity contribution in [1.82, 2.24) is 10.3 Å². The lowest BCUT2D eigenvalue weighted by atomic mass is 10.2. The number of benzene rings is 1. The second kappa shape index (κ2) is 8.30. The molecule has 0 atom stereocenters. The van der Waals surface area contributed by atoms with Crippen molar-refractivity contribution in [2.45, 2.75) is 18.4 Å². The Morgan fingerprint density at radius 1 is 1.25 bits per heavy atom. The number of amides is 1. The number of thiophene rings is 1. The molecular formula is C19H18ClN3O3S2. The van der Waals surface area contributed by atoms with Crippen molar-refractivity contribution in [1.29, 1.82) is 0 Å². The Hall–Kier alpha value is -2.42. The van der Waals surface area contributed by atoms with Gasteiger partial charge in [0.1, 0.15) is 4.88 Å². The highest BCUT2D eigenvalue weighted by atomic mass is 35.5. The quantitative estimate of drug-likeness (QED) is 0.637. The average Bonchev–Trinajstić information content (AvgIpc) is 3.18. The second-order valence-corrected chi connectivity index (χ2v) is 9.31. The highest BCUT2D eigenvalue weighted by Crippen LogP contribution is 2.31. The molecule has 3 aromatic rings. The number of aryl methyl sites for hydroxylation is 1. The van der Waals surface area contributed by atoms with Gasteiger partial charge < -0.3 is 5.32 Å². The number of hydrogen-bond acceptors (Lipinski definition) is 5. The molecule has 0 bridgehead atoms. The third kappa shape index (κ3) is 4.19. The van der Waals surface area contributed by atoms with Gasteiger partial charge in [-0.05, 0) is 48.2 Å². The van der Waals surface area contributed by atoms with E-state index in [1.165, 1.54) is 30.5 Å². The summed E-state index contributed by atoms with van der Waals surface area (Å²) in [5, 5.41) is 4.82. The Bertz CT molecular complexity index is 1100. The zero-order valence-corrected chi connectivity index (χ0v) is 17.6. The second-order valence-electron chi connectivity index (χ2n) is 6.02. The van der Waals surface area contributed by atoms with E-state index in [9.17, 15) is 13.2 Å². The molecule has 146 valence electrons. The highest BCUT2D eigenvalue weighted by molar-refractivity contribution is 7.92. The van der Waals surface area contributed by atoms with Gasteiger partial charge in [0.25, 0.3) is 15.9 Å². The molecule has 2 heterocycles. The van der Waals surface area contributed by atoms with Crippen molar-refractivity contribution in [3.05, 3.63) is 75.2 Å². The first kappa shape index (κ1) is 20.3. The normalized spacial score (nSPS) is 11.2. The van der Waals surface area contributed by atoms with E-state index in [4.69, 9.17) is 11.6 Å². The van der Waals surface area contributed by atoms with Crippen LogP contribution in [0.5, 0.6) is 0 Å². The first-order chi connectivity index (χ1) is 13.3. The lowest BCUT2D eigenvalue weighted by molar-refractivity contribution is 0.0955. The third-order valence-corrected chi connectivity index (χ3v) is 7.22. The molecule has 28 heavy (non-hydrogen) atoms. The van der Waals surface area contributed by atoms with Crippen LogP contribution in [0, 0.1) is 6.92 Å². The van der Waals surface area contributed by atoms with E-state index >= 15 is 0 Å². The van der Waals surface area contributed by atoms with Crippen molar-refractivity contribution in [2.75, 3.05) is 11.4 Å². The number of carbonyl (C=O) groups excluding carboxylic acids is 1. The van der Waals surface area contributed by atoms with E-state index in [1.54, 1.807) is 42.8 Å². The Balaban J connectivity index is 1.83. The molecule has 9 heteroatoms. The molecule has 6 nitrogen and oxygen atoms in total. The van der Waals surface area contributed by atoms with Gasteiger partial charge in [-0.15, -0.1) is 11.3 Å². The number of rotatable bonds is 6. The molecule has 1 amide bonds. The Morgan fingerprint density at radius 3 is 2.71 bits per heavy atom. The van der Waals surface area contributed by atoms with Gasteiger partial charge in [0, 0.05) is 18.3 Å². The predicted octanol–water partition coefficient (Wildman–Crippen LogP) is 3.86. The summed E-state index contributed by atoms with van der Waals surface area (Å²) in [6.07, 6.45) is 1.64. The SMILES string of the molecule is Cc1ccc(S(=O)(=O)N(C)c2ccsc2C(=O)NCc2ccccn2)cc1Cl. The molecule has 0 radical (unpaired) electrons. The van der Waals surface area contributed by atoms with E-state index in [1.807, 2.05) is 6.07 Å². The molecule has 1 aromatic carbocycles. The minimum atomic E-state index is -3.86. The van der Waals surface area contributed by atoms with Crippen LogP contribution in [-0.2, 0) is 16.6 Å². The molecule has 0 unspecified atom stereocenters. The number of anilines is 1. The summed E-state index contributed by atoms with van der Waals surface area (Å²) in [4.78, 5) is 17.1. The summed E-state index contributed by atoms with van der Waals surface area (Å²) >= 11 is 7.25. The minimum Gasteiger partial charge on any atom is -0.346 e. The van der Waals surface area contributed by atoms with Crippen LogP contribution in [0.1, 0.15) is 20.9 Å². The van der Waals surface area contributed by atoms with E-state index in [0.29, 0.717) is 21.3 Å². The smallest absolute Gasteiger partial charge is 0.264 e. The number of nitrogens with zero attached hydrogens (tertiary/aromatic N) is 2. The lowest BCUT2D eigenvalue weighted by Gasteiger charge is -2.20. The van der Waals surface area contributed by atoms with Crippen LogP contribution in [0.3, 0.4) is 0 Å². The maximum atomic E-state index is 13.0. The van der Waals surface area contributed by atoms with Crippen LogP contribution in [-0.4, -0.2) is 26.4 Å². The fraction of sp³-hybridized carbons (Fsp3) is 0.158. The van der Waals surface area contributed by atoms with Crippen LogP contribution >= 0.6 is 22.9 Å². The van der Waals surface area contributed by atoms with Crippen LogP contribution < -0.4 is 9.62 Å². The average molecular weight is 436 g/mol. The Labute approximate surface area is 172 Å². The third-order valence-electron chi connectivity index (χ3n) is 4.15. The van der Waals surface area contributed by atoms with E-state index in [0.717, 1.165) is 9.87 Å². The van der Waals surface area contributed by atoms with Gasteiger partial charge in [-0.2, -0.15) is 0 Å². The van der Waals surface area contributed by atoms with Crippen LogP contribution in [0.2, 0.25) is 5.02 Å². The molecule has 0 saturated heterocycles. The van der Waals surface area contributed by atoms with Crippen molar-refractivity contribution < 1.29 is 13.2 Å². The van der Waals surface area contributed by atoms with Crippen molar-refractivity contribution in [3.8, 4) is 0 Å². The number of hydrogen-bond donors (Lipinski definition) is 1. The molecule has 3 rings (SSSR count). The lowest BCUT2D eigenvalue weighted by Crippen LogP contribution is -2.29. The van der Waals surface area contributed by atoms with Gasteiger partial charge in [0.15, 0.2) is 0 Å². The van der Waals surface area contributed by atoms with Crippen molar-refractivity contribution in [2.24, 2.45) is 0 Å². The molecule has 0 aliphatic carbocycles. The van der Waals surface area contributed by atoms with Gasteiger partial charge >= 0.3 is 0 Å². The summed E-state index contributed by atoms with van der Waals surface area (Å²) in [5.41, 5.74) is 1.80. The number of pyridine rings is 1. The summed E-state index contributed by atoms with van der Waals surface area (Å²) in [5.74, 6) is -0.361. The summed E-state index contributed by atoms with van der Waals surface area (Å²) in [6.45, 7) is 2.05. The summed E-state index contributed by atoms with van der Waals surface area (Å²) in [6, 6.07) is 11.6. The van der Waals surface area contributed by atoms with Crippen LogP contribution in [0.15, 0.2) is 58.9 Å². The highest BCUT2D eigenvalue weighted by Gasteiger charge is 2.26. The molecule has 1 N–H and O–H groups in total. The molecule has 0 aliphatic rings. The largest absolute Gasteiger partial charge is 0.346 e. The molecule has 2 aromatic heterocycles. The zero-order chi connectivity index (χ0) is 20.3. The van der Waals surface area contributed by atoms with Crippen LogP contribution in [0.25, 0.3) is 0 Å². The predicted molar refractivity (Wildman–Crippen MR) is 112 cm³/mol. The molecule has 0 fully saturated rings. The van der Waals surface area contributed by atoms with E-state index in [2.05, 4.69) is 10.3 Å². The maximum absolute atomic E-state index is 13.0. The van der Waals surface area contributed by atoms with Crippen LogP contribution in [0.4, 0.5) is 5.69 Å². The molecular weight excluding hydrogens is 418 g/mol. The molecule has 0 spiro atoms. The van der Waals surface area contributed by atoms with Gasteiger partial charge in [0.05, 0.1) is 22.8 Å². The minimum absolute atomic E-state index is 0.0663. The van der Waals surface area contributed by atoms with Crippen molar-refractivity contribution in [3.63, 3.8) is 0 Å². The fourth-order valence-electron chi connectivity index (χ4n) is 2.50. The maximum Gasteiger partial charge on any atom is 0.264 e. The first-order valence-electron chi connectivity index (χ1n) is 8.31. The number of sulfonamides is 1. The summed E-state index contributed by atoms with van der Waals surface area (Å²) in [7, 11) is -2.44. The number of nitrogens with one attached hydrogen (secondary N) is 1. The summed E-state index contributed by atoms with van der Waals surface area (Å²) < 4.78 is 27.1. The standard InChI is InChI=1S/C19H18ClN3O3S2/c1-13-6-7-15(11-16(13)20)28(25,26)23(2)17-8-10-27-18(17)19(24)22-12-14-5-3-4-9-21-14/h3-11H,12H2,1-2H3,(H,22,24). The zero-order valence-electron chi connectivity index (χ0n) is 15.2. The fourth-order valence-corrected chi connectivity index (χ4v) is 4.87.